The van der Waals surface area contributed by atoms with Crippen LogP contribution in [0.1, 0.15) is 23.0 Å². The van der Waals surface area contributed by atoms with Crippen LogP contribution in [-0.4, -0.2) is 41.4 Å². The Bertz CT molecular complexity index is 1370. The normalized spacial score (nSPS) is 17.0. The molecule has 36 heavy (non-hydrogen) atoms. The Hall–Kier alpha value is -4.53. The van der Waals surface area contributed by atoms with Crippen molar-refractivity contribution in [1.82, 2.24) is 15.1 Å². The van der Waals surface area contributed by atoms with E-state index in [0.29, 0.717) is 40.9 Å². The summed E-state index contributed by atoms with van der Waals surface area (Å²) in [5.74, 6) is 0.843. The minimum Gasteiger partial charge on any atom is -0.497 e. The van der Waals surface area contributed by atoms with Gasteiger partial charge in [-0.3, -0.25) is 19.2 Å². The number of aromatic nitrogens is 2. The van der Waals surface area contributed by atoms with Gasteiger partial charge in [0, 0.05) is 30.8 Å². The van der Waals surface area contributed by atoms with Crippen molar-refractivity contribution in [3.05, 3.63) is 84.3 Å². The van der Waals surface area contributed by atoms with E-state index in [4.69, 9.17) is 13.9 Å². The summed E-state index contributed by atoms with van der Waals surface area (Å²) in [5.41, 5.74) is 0.978. The second-order valence-corrected chi connectivity index (χ2v) is 8.70. The van der Waals surface area contributed by atoms with Crippen molar-refractivity contribution in [3.8, 4) is 23.0 Å². The predicted octanol–water partition coefficient (Wildman–Crippen LogP) is 3.90. The molecule has 2 aromatic heterocycles. The predicted molar refractivity (Wildman–Crippen MR) is 133 cm³/mol. The van der Waals surface area contributed by atoms with E-state index in [0.717, 1.165) is 5.56 Å². The Labute approximate surface area is 208 Å². The number of fused-ring (bicyclic) bond motifs is 1. The van der Waals surface area contributed by atoms with Crippen molar-refractivity contribution in [2.24, 2.45) is 0 Å². The molecule has 9 heteroatoms. The minimum atomic E-state index is -1.30. The summed E-state index contributed by atoms with van der Waals surface area (Å²) in [5, 5.41) is 7.58. The molecule has 0 bridgehead atoms. The molecule has 9 nitrogen and oxygen atoms in total. The molecule has 1 aliphatic rings. The zero-order chi connectivity index (χ0) is 25.3. The van der Waals surface area contributed by atoms with Gasteiger partial charge in [0.05, 0.1) is 32.7 Å². The maximum atomic E-state index is 14.0. The number of furan rings is 1. The lowest BCUT2D eigenvalue weighted by Crippen LogP contribution is -2.64. The van der Waals surface area contributed by atoms with Gasteiger partial charge in [0.2, 0.25) is 5.91 Å². The van der Waals surface area contributed by atoms with E-state index in [2.05, 4.69) is 10.4 Å². The zero-order valence-corrected chi connectivity index (χ0v) is 20.2. The second-order valence-electron chi connectivity index (χ2n) is 8.70. The first kappa shape index (κ1) is 23.2. The van der Waals surface area contributed by atoms with Gasteiger partial charge in [-0.1, -0.05) is 30.3 Å². The number of nitrogens with zero attached hydrogens (tertiary/aromatic N) is 3. The van der Waals surface area contributed by atoms with Gasteiger partial charge in [-0.25, -0.2) is 0 Å². The van der Waals surface area contributed by atoms with Crippen LogP contribution in [-0.2, 0) is 17.9 Å². The highest BCUT2D eigenvalue weighted by atomic mass is 16.5. The van der Waals surface area contributed by atoms with E-state index < -0.39 is 5.54 Å². The van der Waals surface area contributed by atoms with Crippen LogP contribution in [0.25, 0.3) is 11.5 Å². The smallest absolute Gasteiger partial charge is 0.277 e. The number of benzene rings is 2. The summed E-state index contributed by atoms with van der Waals surface area (Å²) in [6, 6.07) is 19.9. The van der Waals surface area contributed by atoms with Gasteiger partial charge in [-0.2, -0.15) is 5.10 Å². The first-order valence-electron chi connectivity index (χ1n) is 11.4. The molecule has 1 N–H and O–H groups in total. The van der Waals surface area contributed by atoms with Crippen LogP contribution in [0.5, 0.6) is 11.5 Å². The quantitative estimate of drug-likeness (QED) is 0.426. The Kier molecular flexibility index (Phi) is 5.97. The second kappa shape index (κ2) is 9.26. The summed E-state index contributed by atoms with van der Waals surface area (Å²) in [7, 11) is 3.07. The average Bonchev–Trinajstić information content (AvgIpc) is 3.58. The summed E-state index contributed by atoms with van der Waals surface area (Å²) in [6.07, 6.45) is 1.55. The van der Waals surface area contributed by atoms with E-state index in [-0.39, 0.29) is 18.4 Å². The number of hydrogen-bond acceptors (Lipinski definition) is 6. The Morgan fingerprint density at radius 1 is 1.06 bits per heavy atom. The van der Waals surface area contributed by atoms with Gasteiger partial charge in [0.1, 0.15) is 28.4 Å². The van der Waals surface area contributed by atoms with Crippen molar-refractivity contribution in [2.75, 3.05) is 19.1 Å². The van der Waals surface area contributed by atoms with Crippen molar-refractivity contribution >= 4 is 17.5 Å². The van der Waals surface area contributed by atoms with Gasteiger partial charge in [0.25, 0.3) is 5.91 Å². The van der Waals surface area contributed by atoms with Crippen LogP contribution < -0.4 is 19.7 Å². The molecule has 3 heterocycles. The molecule has 1 atom stereocenters. The van der Waals surface area contributed by atoms with Crippen LogP contribution in [0, 0.1) is 0 Å². The summed E-state index contributed by atoms with van der Waals surface area (Å²) in [4.78, 5) is 29.2. The summed E-state index contributed by atoms with van der Waals surface area (Å²) in [6.45, 7) is 2.19. The van der Waals surface area contributed by atoms with E-state index in [1.165, 1.54) is 19.1 Å². The molecular weight excluding hydrogens is 460 g/mol. The van der Waals surface area contributed by atoms with Crippen molar-refractivity contribution in [1.29, 1.82) is 0 Å². The first-order chi connectivity index (χ1) is 17.4. The molecule has 0 saturated carbocycles. The molecule has 0 fully saturated rings. The molecule has 0 saturated heterocycles. The largest absolute Gasteiger partial charge is 0.497 e. The maximum Gasteiger partial charge on any atom is 0.277 e. The molecule has 0 aliphatic carbocycles. The third kappa shape index (κ3) is 4.08. The molecule has 1 unspecified atom stereocenters. The Morgan fingerprint density at radius 3 is 2.42 bits per heavy atom. The van der Waals surface area contributed by atoms with E-state index in [1.54, 1.807) is 54.3 Å². The lowest BCUT2D eigenvalue weighted by molar-refractivity contribution is -0.126. The molecule has 1 aliphatic heterocycles. The Morgan fingerprint density at radius 2 is 1.78 bits per heavy atom. The number of anilines is 1. The summed E-state index contributed by atoms with van der Waals surface area (Å²) < 4.78 is 17.9. The number of amides is 2. The third-order valence-corrected chi connectivity index (χ3v) is 6.31. The van der Waals surface area contributed by atoms with E-state index >= 15 is 0 Å². The first-order valence-corrected chi connectivity index (χ1v) is 11.4. The fourth-order valence-corrected chi connectivity index (χ4v) is 4.42. The number of rotatable bonds is 7. The monoisotopic (exact) mass is 486 g/mol. The van der Waals surface area contributed by atoms with Gasteiger partial charge >= 0.3 is 0 Å². The van der Waals surface area contributed by atoms with E-state index in [1.807, 2.05) is 30.3 Å². The Balaban J connectivity index is 1.58. The lowest BCUT2D eigenvalue weighted by atomic mass is 9.93. The van der Waals surface area contributed by atoms with E-state index in [9.17, 15) is 9.59 Å². The highest BCUT2D eigenvalue weighted by Gasteiger charge is 2.49. The topological polar surface area (TPSA) is 98.8 Å². The van der Waals surface area contributed by atoms with Gasteiger partial charge in [-0.15, -0.1) is 0 Å². The average molecular weight is 487 g/mol. The fraction of sp³-hybridized carbons (Fsp3) is 0.222. The number of methoxy groups -OCH3 is 2. The van der Waals surface area contributed by atoms with Crippen LogP contribution in [0.3, 0.4) is 0 Å². The molecule has 5 rings (SSSR count). The molecule has 2 aromatic carbocycles. The van der Waals surface area contributed by atoms with Crippen molar-refractivity contribution in [2.45, 2.75) is 25.6 Å². The lowest BCUT2D eigenvalue weighted by Gasteiger charge is -2.43. The number of nitrogens with one attached hydrogen (secondary N) is 1. The van der Waals surface area contributed by atoms with Crippen LogP contribution >= 0.6 is 0 Å². The van der Waals surface area contributed by atoms with Gasteiger partial charge in [0.15, 0.2) is 5.76 Å². The highest BCUT2D eigenvalue weighted by molar-refractivity contribution is 6.12. The zero-order valence-electron chi connectivity index (χ0n) is 20.2. The number of carbonyl (C=O) groups is 2. The third-order valence-electron chi connectivity index (χ3n) is 6.31. The molecule has 0 spiro atoms. The summed E-state index contributed by atoms with van der Waals surface area (Å²) >= 11 is 0. The van der Waals surface area contributed by atoms with Crippen molar-refractivity contribution < 1.29 is 23.5 Å². The SMILES string of the molecule is COc1cc(OC)cc(N2C(=O)c3cc(-c4ccco4)nn3CC2(C)C(=O)NCc2ccccc2)c1. The number of ether oxygens (including phenoxy) is 2. The van der Waals surface area contributed by atoms with Gasteiger partial charge < -0.3 is 19.2 Å². The van der Waals surface area contributed by atoms with Crippen molar-refractivity contribution in [3.63, 3.8) is 0 Å². The van der Waals surface area contributed by atoms with Gasteiger partial charge in [-0.05, 0) is 24.6 Å². The number of carbonyl (C=O) groups excluding carboxylic acids is 2. The maximum absolute atomic E-state index is 14.0. The molecule has 0 radical (unpaired) electrons. The molecule has 184 valence electrons. The van der Waals surface area contributed by atoms with Crippen LogP contribution in [0.4, 0.5) is 5.69 Å². The minimum absolute atomic E-state index is 0.134. The molecule has 4 aromatic rings. The fourth-order valence-electron chi connectivity index (χ4n) is 4.42. The highest BCUT2D eigenvalue weighted by Crippen LogP contribution is 2.37. The van der Waals surface area contributed by atoms with Crippen LogP contribution in [0.15, 0.2) is 77.4 Å². The standard InChI is InChI=1S/C27H26N4O5/c1-27(26(33)28-16-18-8-5-4-6-9-18)17-30-23(15-22(29-30)24-10-7-11-36-24)25(32)31(27)19-12-20(34-2)14-21(13-19)35-3/h4-15H,16-17H2,1-3H3,(H,28,33). The van der Waals surface area contributed by atoms with Crippen LogP contribution in [0.2, 0.25) is 0 Å². The molecule has 2 amide bonds. The molecular formula is C27H26N4O5. The number of hydrogen-bond donors (Lipinski definition) is 1.